The van der Waals surface area contributed by atoms with Crippen molar-refractivity contribution in [3.8, 4) is 0 Å². The van der Waals surface area contributed by atoms with E-state index in [1.54, 1.807) is 6.07 Å². The zero-order valence-electron chi connectivity index (χ0n) is 14.7. The Morgan fingerprint density at radius 3 is 2.88 bits per heavy atom. The van der Waals surface area contributed by atoms with Crippen LogP contribution in [0.2, 0.25) is 0 Å². The van der Waals surface area contributed by atoms with Crippen LogP contribution in [-0.2, 0) is 11.2 Å². The van der Waals surface area contributed by atoms with E-state index in [2.05, 4.69) is 19.0 Å². The molecular weight excluding hydrogens is 307 g/mol. The maximum Gasteiger partial charge on any atom is 0.222 e. The lowest BCUT2D eigenvalue weighted by atomic mass is 9.87. The number of benzene rings is 1. The number of carbonyl (C=O) groups is 1. The first-order valence-corrected chi connectivity index (χ1v) is 8.80. The Labute approximate surface area is 144 Å². The fourth-order valence-electron chi connectivity index (χ4n) is 3.67. The lowest BCUT2D eigenvalue weighted by Gasteiger charge is -2.41. The molecule has 1 aliphatic rings. The van der Waals surface area contributed by atoms with Gasteiger partial charge in [-0.15, -0.1) is 0 Å². The lowest BCUT2D eigenvalue weighted by molar-refractivity contribution is -0.134. The Morgan fingerprint density at radius 2 is 2.21 bits per heavy atom. The SMILES string of the molecule is CN(C)[C@@H]1CCN(C(=O)CCc2cccc(F)c2)C[C@@H]1CCCO. The third-order valence-electron chi connectivity index (χ3n) is 4.96. The van der Waals surface area contributed by atoms with Crippen molar-refractivity contribution in [1.82, 2.24) is 9.80 Å². The summed E-state index contributed by atoms with van der Waals surface area (Å²) in [6.07, 6.45) is 3.68. The average Bonchev–Trinajstić information content (AvgIpc) is 2.57. The maximum atomic E-state index is 13.2. The lowest BCUT2D eigenvalue weighted by Crippen LogP contribution is -2.50. The topological polar surface area (TPSA) is 43.8 Å². The van der Waals surface area contributed by atoms with Crippen LogP contribution in [0.3, 0.4) is 0 Å². The fourth-order valence-corrected chi connectivity index (χ4v) is 3.67. The van der Waals surface area contributed by atoms with Crippen LogP contribution >= 0.6 is 0 Å². The Balaban J connectivity index is 1.89. The summed E-state index contributed by atoms with van der Waals surface area (Å²) in [4.78, 5) is 16.7. The molecule has 0 aromatic heterocycles. The molecule has 1 fully saturated rings. The minimum absolute atomic E-state index is 0.144. The van der Waals surface area contributed by atoms with Gasteiger partial charge in [-0.1, -0.05) is 12.1 Å². The van der Waals surface area contributed by atoms with Crippen molar-refractivity contribution in [2.75, 3.05) is 33.8 Å². The summed E-state index contributed by atoms with van der Waals surface area (Å²) in [7, 11) is 4.16. The molecule has 1 amide bonds. The van der Waals surface area contributed by atoms with Crippen molar-refractivity contribution in [3.05, 3.63) is 35.6 Å². The van der Waals surface area contributed by atoms with Crippen molar-refractivity contribution in [3.63, 3.8) is 0 Å². The first kappa shape index (κ1) is 18.9. The Morgan fingerprint density at radius 1 is 1.42 bits per heavy atom. The molecule has 134 valence electrons. The highest BCUT2D eigenvalue weighted by Gasteiger charge is 2.31. The molecule has 0 bridgehead atoms. The molecule has 1 aromatic rings. The van der Waals surface area contributed by atoms with Gasteiger partial charge in [0.15, 0.2) is 0 Å². The van der Waals surface area contributed by atoms with Crippen molar-refractivity contribution in [2.45, 2.75) is 38.1 Å². The monoisotopic (exact) mass is 336 g/mol. The van der Waals surface area contributed by atoms with Crippen LogP contribution < -0.4 is 0 Å². The number of halogens is 1. The molecule has 1 N–H and O–H groups in total. The number of rotatable bonds is 7. The first-order chi connectivity index (χ1) is 11.5. The second-order valence-electron chi connectivity index (χ2n) is 6.92. The molecule has 0 aliphatic carbocycles. The number of aryl methyl sites for hydroxylation is 1. The number of aliphatic hydroxyl groups is 1. The number of amides is 1. The van der Waals surface area contributed by atoms with Gasteiger partial charge in [-0.05, 0) is 63.4 Å². The molecule has 1 aliphatic heterocycles. The summed E-state index contributed by atoms with van der Waals surface area (Å²) in [6.45, 7) is 1.73. The zero-order valence-corrected chi connectivity index (χ0v) is 14.7. The van der Waals surface area contributed by atoms with Gasteiger partial charge < -0.3 is 14.9 Å². The molecule has 5 heteroatoms. The number of hydrogen-bond acceptors (Lipinski definition) is 3. The summed E-state index contributed by atoms with van der Waals surface area (Å²) in [6, 6.07) is 6.92. The largest absolute Gasteiger partial charge is 0.396 e. The van der Waals surface area contributed by atoms with Gasteiger partial charge in [0.2, 0.25) is 5.91 Å². The third-order valence-corrected chi connectivity index (χ3v) is 4.96. The van der Waals surface area contributed by atoms with Crippen LogP contribution in [0.15, 0.2) is 24.3 Å². The summed E-state index contributed by atoms with van der Waals surface area (Å²) < 4.78 is 13.2. The van der Waals surface area contributed by atoms with Gasteiger partial charge in [-0.2, -0.15) is 0 Å². The van der Waals surface area contributed by atoms with Gasteiger partial charge in [0.25, 0.3) is 0 Å². The third kappa shape index (κ3) is 5.28. The van der Waals surface area contributed by atoms with E-state index >= 15 is 0 Å². The molecule has 0 unspecified atom stereocenters. The van der Waals surface area contributed by atoms with E-state index in [0.29, 0.717) is 24.8 Å². The molecule has 2 rings (SSSR count). The molecule has 0 saturated carbocycles. The van der Waals surface area contributed by atoms with E-state index in [1.165, 1.54) is 12.1 Å². The highest BCUT2D eigenvalue weighted by molar-refractivity contribution is 5.76. The Kier molecular flexibility index (Phi) is 7.18. The van der Waals surface area contributed by atoms with Crippen LogP contribution in [-0.4, -0.2) is 60.6 Å². The molecule has 1 heterocycles. The van der Waals surface area contributed by atoms with Crippen molar-refractivity contribution < 1.29 is 14.3 Å². The number of carbonyl (C=O) groups excluding carboxylic acids is 1. The molecule has 24 heavy (non-hydrogen) atoms. The van der Waals surface area contributed by atoms with E-state index in [1.807, 2.05) is 11.0 Å². The highest BCUT2D eigenvalue weighted by Crippen LogP contribution is 2.25. The minimum Gasteiger partial charge on any atom is -0.396 e. The van der Waals surface area contributed by atoms with E-state index in [4.69, 9.17) is 5.11 Å². The number of piperidine rings is 1. The number of aliphatic hydroxyl groups excluding tert-OH is 1. The smallest absolute Gasteiger partial charge is 0.222 e. The highest BCUT2D eigenvalue weighted by atomic mass is 19.1. The standard InChI is InChI=1S/C19H29FN2O2/c1-21(2)18-10-11-22(14-16(18)6-4-12-23)19(24)9-8-15-5-3-7-17(20)13-15/h3,5,7,13,16,18,23H,4,6,8-12,14H2,1-2H3/t16-,18+/m0/s1. The van der Waals surface area contributed by atoms with Crippen LogP contribution in [0.4, 0.5) is 4.39 Å². The van der Waals surface area contributed by atoms with Crippen LogP contribution in [0.25, 0.3) is 0 Å². The van der Waals surface area contributed by atoms with Crippen molar-refractivity contribution in [2.24, 2.45) is 5.92 Å². The zero-order chi connectivity index (χ0) is 17.5. The van der Waals surface area contributed by atoms with Gasteiger partial charge in [0, 0.05) is 32.2 Å². The molecule has 1 aromatic carbocycles. The molecule has 1 saturated heterocycles. The van der Waals surface area contributed by atoms with E-state index in [9.17, 15) is 9.18 Å². The van der Waals surface area contributed by atoms with Gasteiger partial charge >= 0.3 is 0 Å². The Bertz CT molecular complexity index is 536. The summed E-state index contributed by atoms with van der Waals surface area (Å²) in [5.41, 5.74) is 0.864. The van der Waals surface area contributed by atoms with Gasteiger partial charge in [-0.3, -0.25) is 4.79 Å². The molecule has 2 atom stereocenters. The average molecular weight is 336 g/mol. The summed E-state index contributed by atoms with van der Waals surface area (Å²) in [5, 5.41) is 9.10. The van der Waals surface area contributed by atoms with Gasteiger partial charge in [-0.25, -0.2) is 4.39 Å². The number of nitrogens with zero attached hydrogens (tertiary/aromatic N) is 2. The fraction of sp³-hybridized carbons (Fsp3) is 0.632. The number of hydrogen-bond donors (Lipinski definition) is 1. The normalized spacial score (nSPS) is 21.3. The van der Waals surface area contributed by atoms with Gasteiger partial charge in [0.05, 0.1) is 0 Å². The summed E-state index contributed by atoms with van der Waals surface area (Å²) in [5.74, 6) is 0.292. The minimum atomic E-state index is -0.254. The second-order valence-corrected chi connectivity index (χ2v) is 6.92. The molecule has 0 radical (unpaired) electrons. The quantitative estimate of drug-likeness (QED) is 0.831. The predicted octanol–water partition coefficient (Wildman–Crippen LogP) is 2.31. The first-order valence-electron chi connectivity index (χ1n) is 8.80. The van der Waals surface area contributed by atoms with E-state index in [0.717, 1.165) is 37.9 Å². The van der Waals surface area contributed by atoms with E-state index in [-0.39, 0.29) is 18.3 Å². The maximum absolute atomic E-state index is 13.2. The van der Waals surface area contributed by atoms with Crippen molar-refractivity contribution >= 4 is 5.91 Å². The van der Waals surface area contributed by atoms with Crippen molar-refractivity contribution in [1.29, 1.82) is 0 Å². The van der Waals surface area contributed by atoms with Crippen LogP contribution in [0.1, 0.15) is 31.2 Å². The Hall–Kier alpha value is -1.46. The predicted molar refractivity (Wildman–Crippen MR) is 93.2 cm³/mol. The molecule has 4 nitrogen and oxygen atoms in total. The van der Waals surface area contributed by atoms with Crippen LogP contribution in [0, 0.1) is 11.7 Å². The second kappa shape index (κ2) is 9.14. The van der Waals surface area contributed by atoms with Crippen LogP contribution in [0.5, 0.6) is 0 Å². The van der Waals surface area contributed by atoms with E-state index < -0.39 is 0 Å². The molecular formula is C19H29FN2O2. The summed E-state index contributed by atoms with van der Waals surface area (Å²) >= 11 is 0. The molecule has 0 spiro atoms. The van der Waals surface area contributed by atoms with Gasteiger partial charge in [0.1, 0.15) is 5.82 Å². The number of likely N-dealkylation sites (tertiary alicyclic amines) is 1.